The van der Waals surface area contributed by atoms with Crippen LogP contribution in [0.5, 0.6) is 0 Å². The van der Waals surface area contributed by atoms with E-state index >= 15 is 0 Å². The van der Waals surface area contributed by atoms with Gasteiger partial charge in [-0.15, -0.1) is 0 Å². The lowest BCUT2D eigenvalue weighted by atomic mass is 9.94. The van der Waals surface area contributed by atoms with Crippen LogP contribution in [-0.2, 0) is 0 Å². The Bertz CT molecular complexity index is 3170. The fourth-order valence-corrected chi connectivity index (χ4v) is 8.00. The van der Waals surface area contributed by atoms with Crippen molar-refractivity contribution in [2.24, 2.45) is 0 Å². The summed E-state index contributed by atoms with van der Waals surface area (Å²) in [6.07, 6.45) is 0. The smallest absolute Gasteiger partial charge is 0.164 e. The number of hydrogen-bond acceptors (Lipinski definition) is 4. The Balaban J connectivity index is 1.09. The highest BCUT2D eigenvalue weighted by Gasteiger charge is 2.20. The number of hydrogen-bond donors (Lipinski definition) is 0. The predicted octanol–water partition coefficient (Wildman–Crippen LogP) is 13.2. The normalized spacial score (nSPS) is 11.6. The molecule has 5 heteroatoms. The lowest BCUT2D eigenvalue weighted by Crippen LogP contribution is -2.00. The summed E-state index contributed by atoms with van der Waals surface area (Å²) in [5, 5.41) is 4.47. The van der Waals surface area contributed by atoms with Gasteiger partial charge in [0.05, 0.1) is 11.0 Å². The zero-order valence-corrected chi connectivity index (χ0v) is 30.2. The molecule has 0 aliphatic carbocycles. The van der Waals surface area contributed by atoms with Gasteiger partial charge in [0.25, 0.3) is 0 Å². The van der Waals surface area contributed by atoms with Gasteiger partial charge in [0.1, 0.15) is 11.2 Å². The molecule has 262 valence electrons. The van der Waals surface area contributed by atoms with Crippen molar-refractivity contribution < 1.29 is 4.42 Å². The van der Waals surface area contributed by atoms with Gasteiger partial charge in [0, 0.05) is 50.0 Å². The molecule has 0 saturated carbocycles. The van der Waals surface area contributed by atoms with Crippen LogP contribution in [0.25, 0.3) is 106 Å². The molecule has 8 aromatic carbocycles. The Morgan fingerprint density at radius 2 is 0.911 bits per heavy atom. The molecule has 0 N–H and O–H groups in total. The predicted molar refractivity (Wildman–Crippen MR) is 229 cm³/mol. The Morgan fingerprint density at radius 1 is 0.339 bits per heavy atom. The molecule has 0 radical (unpaired) electrons. The van der Waals surface area contributed by atoms with Crippen molar-refractivity contribution in [3.05, 3.63) is 194 Å². The van der Waals surface area contributed by atoms with Gasteiger partial charge in [-0.1, -0.05) is 140 Å². The van der Waals surface area contributed by atoms with Crippen LogP contribution < -0.4 is 0 Å². The van der Waals surface area contributed by atoms with E-state index in [1.165, 1.54) is 33.0 Å². The Hall–Kier alpha value is -7.63. The number of fused-ring (bicyclic) bond motifs is 6. The Kier molecular flexibility index (Phi) is 7.42. The number of benzene rings is 8. The van der Waals surface area contributed by atoms with Crippen molar-refractivity contribution in [1.29, 1.82) is 0 Å². The van der Waals surface area contributed by atoms with E-state index in [0.717, 1.165) is 55.3 Å². The molecular formula is C51H32N4O. The van der Waals surface area contributed by atoms with Gasteiger partial charge in [-0.3, -0.25) is 0 Å². The van der Waals surface area contributed by atoms with Crippen molar-refractivity contribution >= 4 is 43.7 Å². The first-order valence-electron chi connectivity index (χ1n) is 18.8. The van der Waals surface area contributed by atoms with Gasteiger partial charge in [-0.25, -0.2) is 15.0 Å². The number of aromatic nitrogens is 4. The van der Waals surface area contributed by atoms with Gasteiger partial charge in [-0.05, 0) is 70.8 Å². The van der Waals surface area contributed by atoms with E-state index in [4.69, 9.17) is 19.4 Å². The van der Waals surface area contributed by atoms with Crippen molar-refractivity contribution in [1.82, 2.24) is 19.5 Å². The third kappa shape index (κ3) is 5.37. The molecule has 0 atom stereocenters. The zero-order valence-electron chi connectivity index (χ0n) is 30.2. The summed E-state index contributed by atoms with van der Waals surface area (Å²) in [5.74, 6) is 1.88. The molecule has 0 bridgehead atoms. The van der Waals surface area contributed by atoms with Crippen molar-refractivity contribution in [2.75, 3.05) is 0 Å². The molecule has 11 aromatic rings. The molecule has 0 unspecified atom stereocenters. The van der Waals surface area contributed by atoms with Crippen molar-refractivity contribution in [3.63, 3.8) is 0 Å². The average Bonchev–Trinajstić information content (AvgIpc) is 3.82. The highest BCUT2D eigenvalue weighted by molar-refractivity contribution is 6.17. The van der Waals surface area contributed by atoms with Crippen LogP contribution in [-0.4, -0.2) is 19.5 Å². The van der Waals surface area contributed by atoms with Gasteiger partial charge in [-0.2, -0.15) is 0 Å². The summed E-state index contributed by atoms with van der Waals surface area (Å²) in [5.41, 5.74) is 12.4. The highest BCUT2D eigenvalue weighted by Crippen LogP contribution is 2.42. The van der Waals surface area contributed by atoms with Gasteiger partial charge in [0.2, 0.25) is 0 Å². The van der Waals surface area contributed by atoms with E-state index in [1.54, 1.807) is 0 Å². The molecule has 0 amide bonds. The summed E-state index contributed by atoms with van der Waals surface area (Å²) in [6.45, 7) is 0. The number of para-hydroxylation sites is 1. The maximum atomic E-state index is 6.61. The molecule has 0 fully saturated rings. The quantitative estimate of drug-likeness (QED) is 0.172. The number of rotatable bonds is 6. The van der Waals surface area contributed by atoms with E-state index in [-0.39, 0.29) is 0 Å². The molecule has 3 heterocycles. The SMILES string of the molecule is c1ccc(-c2cc(-c3ccccc3)c3c4ccccc4n(-c4ccc5c(c4)oc4ccc(-c6nc(-c7ccccc7)nc(-c7ccccc7)n6)cc45)c3c2)cc1. The first-order valence-corrected chi connectivity index (χ1v) is 18.8. The lowest BCUT2D eigenvalue weighted by Gasteiger charge is -2.12. The fourth-order valence-electron chi connectivity index (χ4n) is 8.00. The van der Waals surface area contributed by atoms with Gasteiger partial charge in [0.15, 0.2) is 17.5 Å². The minimum atomic E-state index is 0.610. The summed E-state index contributed by atoms with van der Waals surface area (Å²) < 4.78 is 8.99. The first-order chi connectivity index (χ1) is 27.7. The largest absolute Gasteiger partial charge is 0.456 e. The lowest BCUT2D eigenvalue weighted by molar-refractivity contribution is 0.668. The van der Waals surface area contributed by atoms with E-state index in [0.29, 0.717) is 17.5 Å². The maximum Gasteiger partial charge on any atom is 0.164 e. The molecule has 56 heavy (non-hydrogen) atoms. The van der Waals surface area contributed by atoms with Crippen LogP contribution in [0.3, 0.4) is 0 Å². The van der Waals surface area contributed by atoms with Crippen LogP contribution in [0.15, 0.2) is 199 Å². The van der Waals surface area contributed by atoms with Crippen LogP contribution >= 0.6 is 0 Å². The molecule has 3 aromatic heterocycles. The second-order valence-corrected chi connectivity index (χ2v) is 14.0. The van der Waals surface area contributed by atoms with Crippen molar-refractivity contribution in [3.8, 4) is 62.1 Å². The topological polar surface area (TPSA) is 56.7 Å². The van der Waals surface area contributed by atoms with Crippen LogP contribution in [0.1, 0.15) is 0 Å². The maximum absolute atomic E-state index is 6.61. The molecule has 0 spiro atoms. The minimum absolute atomic E-state index is 0.610. The van der Waals surface area contributed by atoms with E-state index in [1.807, 2.05) is 72.8 Å². The monoisotopic (exact) mass is 716 g/mol. The second-order valence-electron chi connectivity index (χ2n) is 14.0. The number of nitrogens with zero attached hydrogens (tertiary/aromatic N) is 4. The summed E-state index contributed by atoms with van der Waals surface area (Å²) >= 11 is 0. The molecule has 0 aliphatic heterocycles. The average molecular weight is 717 g/mol. The minimum Gasteiger partial charge on any atom is -0.456 e. The fraction of sp³-hybridized carbons (Fsp3) is 0. The van der Waals surface area contributed by atoms with E-state index in [9.17, 15) is 0 Å². The summed E-state index contributed by atoms with van der Waals surface area (Å²) in [6, 6.07) is 67.6. The van der Waals surface area contributed by atoms with E-state index in [2.05, 4.69) is 126 Å². The highest BCUT2D eigenvalue weighted by atomic mass is 16.3. The molecule has 0 aliphatic rings. The number of furan rings is 1. The van der Waals surface area contributed by atoms with Crippen LogP contribution in [0.2, 0.25) is 0 Å². The van der Waals surface area contributed by atoms with Crippen LogP contribution in [0, 0.1) is 0 Å². The molecular weight excluding hydrogens is 685 g/mol. The van der Waals surface area contributed by atoms with Crippen molar-refractivity contribution in [2.45, 2.75) is 0 Å². The molecule has 0 saturated heterocycles. The Morgan fingerprint density at radius 3 is 1.57 bits per heavy atom. The standard InChI is InChI=1S/C51H32N4O/c1-5-15-33(16-6-1)38-30-42(34-17-7-2-8-18-34)48-41-23-13-14-24-44(41)55(45(48)31-38)39-26-27-40-43-29-37(25-28-46(43)56-47(40)32-39)51-53-49(35-19-9-3-10-20-35)52-50(54-51)36-21-11-4-12-22-36/h1-32H. The summed E-state index contributed by atoms with van der Waals surface area (Å²) in [4.78, 5) is 14.8. The first kappa shape index (κ1) is 31.9. The molecule has 11 rings (SSSR count). The van der Waals surface area contributed by atoms with Gasteiger partial charge >= 0.3 is 0 Å². The van der Waals surface area contributed by atoms with Crippen LogP contribution in [0.4, 0.5) is 0 Å². The summed E-state index contributed by atoms with van der Waals surface area (Å²) in [7, 11) is 0. The third-order valence-corrected chi connectivity index (χ3v) is 10.6. The second kappa shape index (κ2) is 13.0. The molecule has 5 nitrogen and oxygen atoms in total. The Labute approximate surface area is 322 Å². The third-order valence-electron chi connectivity index (χ3n) is 10.6. The zero-order chi connectivity index (χ0) is 37.0. The van der Waals surface area contributed by atoms with E-state index < -0.39 is 0 Å². The van der Waals surface area contributed by atoms with Gasteiger partial charge < -0.3 is 8.98 Å².